The molecule has 0 spiro atoms. The highest BCUT2D eigenvalue weighted by molar-refractivity contribution is 8.13. The Balaban J connectivity index is 2.87. The molecule has 2 atom stereocenters. The van der Waals surface area contributed by atoms with Crippen molar-refractivity contribution >= 4 is 36.4 Å². The van der Waals surface area contributed by atoms with E-state index in [0.717, 1.165) is 0 Å². The van der Waals surface area contributed by atoms with Crippen molar-refractivity contribution < 1.29 is 17.4 Å². The highest BCUT2D eigenvalue weighted by atomic mass is 35.7. The molecule has 0 aromatic heterocycles. The molecule has 0 aliphatic carbocycles. The zero-order chi connectivity index (χ0) is 16.2. The molecule has 118 valence electrons. The zero-order valence-electron chi connectivity index (χ0n) is 12.1. The second-order valence-corrected chi connectivity index (χ2v) is 8.95. The van der Waals surface area contributed by atoms with E-state index in [1.54, 1.807) is 26.2 Å². The average molecular weight is 352 g/mol. The highest BCUT2D eigenvalue weighted by Gasteiger charge is 2.17. The van der Waals surface area contributed by atoms with Crippen LogP contribution >= 0.6 is 10.7 Å². The molecule has 8 heteroatoms. The Labute approximate surface area is 132 Å². The van der Waals surface area contributed by atoms with Crippen LogP contribution in [0.5, 0.6) is 0 Å². The summed E-state index contributed by atoms with van der Waals surface area (Å²) in [5.41, 5.74) is 0.709. The molecule has 0 radical (unpaired) electrons. The van der Waals surface area contributed by atoms with E-state index in [-0.39, 0.29) is 22.4 Å². The molecule has 1 N–H and O–H groups in total. The number of rotatable bonds is 6. The quantitative estimate of drug-likeness (QED) is 0.792. The summed E-state index contributed by atoms with van der Waals surface area (Å²) in [5, 5.41) is 2.74. The first-order valence-corrected chi connectivity index (χ1v) is 10.3. The van der Waals surface area contributed by atoms with Crippen LogP contribution in [0.2, 0.25) is 0 Å². The van der Waals surface area contributed by atoms with Crippen molar-refractivity contribution in [3.05, 3.63) is 29.3 Å². The molecule has 0 saturated carbocycles. The standard InChI is InChI=1S/C13H18ClNO4S2/c1-9-4-5-11(8-12(9)21(14,18)19)13(16)15-10(2)6-7-20(3)17/h4-5,8,10H,6-7H2,1-3H3,(H,15,16). The number of nitrogens with one attached hydrogen (secondary N) is 1. The van der Waals surface area contributed by atoms with Crippen LogP contribution in [0, 0.1) is 6.92 Å². The Bertz CT molecular complexity index is 658. The first-order valence-electron chi connectivity index (χ1n) is 6.27. The SMILES string of the molecule is Cc1ccc(C(=O)NC(C)CCS(C)=O)cc1S(=O)(=O)Cl. The Morgan fingerprint density at radius 1 is 1.43 bits per heavy atom. The number of hydrogen-bond donors (Lipinski definition) is 1. The van der Waals surface area contributed by atoms with Crippen molar-refractivity contribution in [1.82, 2.24) is 5.32 Å². The maximum atomic E-state index is 12.1. The Kier molecular flexibility index (Phi) is 6.37. The summed E-state index contributed by atoms with van der Waals surface area (Å²) in [7, 11) is 0.538. The molecule has 21 heavy (non-hydrogen) atoms. The van der Waals surface area contributed by atoms with E-state index in [1.807, 2.05) is 0 Å². The van der Waals surface area contributed by atoms with Gasteiger partial charge in [0, 0.05) is 45.1 Å². The molecule has 2 unspecified atom stereocenters. The summed E-state index contributed by atoms with van der Waals surface area (Å²) >= 11 is 0. The minimum absolute atomic E-state index is 0.0702. The minimum Gasteiger partial charge on any atom is -0.350 e. The van der Waals surface area contributed by atoms with Crippen LogP contribution < -0.4 is 5.32 Å². The molecule has 0 aliphatic heterocycles. The predicted octanol–water partition coefficient (Wildman–Crippen LogP) is 1.81. The zero-order valence-corrected chi connectivity index (χ0v) is 14.4. The molecule has 1 amide bonds. The van der Waals surface area contributed by atoms with Crippen molar-refractivity contribution in [2.75, 3.05) is 12.0 Å². The topological polar surface area (TPSA) is 80.3 Å². The third kappa shape index (κ3) is 5.76. The van der Waals surface area contributed by atoms with Gasteiger partial charge in [-0.2, -0.15) is 0 Å². The second kappa shape index (κ2) is 7.38. The van der Waals surface area contributed by atoms with Gasteiger partial charge in [-0.15, -0.1) is 0 Å². The van der Waals surface area contributed by atoms with E-state index in [9.17, 15) is 17.4 Å². The van der Waals surface area contributed by atoms with Gasteiger partial charge in [0.15, 0.2) is 0 Å². The Morgan fingerprint density at radius 2 is 2.05 bits per heavy atom. The maximum absolute atomic E-state index is 12.1. The predicted molar refractivity (Wildman–Crippen MR) is 84.7 cm³/mol. The van der Waals surface area contributed by atoms with Crippen molar-refractivity contribution in [1.29, 1.82) is 0 Å². The van der Waals surface area contributed by atoms with Crippen LogP contribution in [0.3, 0.4) is 0 Å². The summed E-state index contributed by atoms with van der Waals surface area (Å²) in [6, 6.07) is 4.19. The van der Waals surface area contributed by atoms with Gasteiger partial charge in [-0.25, -0.2) is 8.42 Å². The van der Waals surface area contributed by atoms with Gasteiger partial charge >= 0.3 is 0 Å². The van der Waals surface area contributed by atoms with E-state index in [2.05, 4.69) is 5.32 Å². The lowest BCUT2D eigenvalue weighted by Crippen LogP contribution is -2.33. The van der Waals surface area contributed by atoms with Gasteiger partial charge in [-0.05, 0) is 38.0 Å². The molecule has 1 aromatic rings. The van der Waals surface area contributed by atoms with Crippen LogP contribution in [0.4, 0.5) is 0 Å². The minimum atomic E-state index is -3.89. The first kappa shape index (κ1) is 18.1. The molecule has 5 nitrogen and oxygen atoms in total. The van der Waals surface area contributed by atoms with Crippen molar-refractivity contribution in [2.45, 2.75) is 31.2 Å². The van der Waals surface area contributed by atoms with Crippen molar-refractivity contribution in [2.24, 2.45) is 0 Å². The van der Waals surface area contributed by atoms with Crippen LogP contribution in [0.25, 0.3) is 0 Å². The summed E-state index contributed by atoms with van der Waals surface area (Å²) in [6.07, 6.45) is 2.19. The van der Waals surface area contributed by atoms with E-state index in [0.29, 0.717) is 17.7 Å². The molecule has 0 fully saturated rings. The normalized spacial score (nSPS) is 14.5. The number of aryl methyl sites for hydroxylation is 1. The molecular formula is C13H18ClNO4S2. The molecule has 0 saturated heterocycles. The fourth-order valence-corrected chi connectivity index (χ4v) is 3.63. The average Bonchev–Trinajstić information content (AvgIpc) is 2.35. The molecule has 1 aromatic carbocycles. The van der Waals surface area contributed by atoms with Gasteiger partial charge in [-0.3, -0.25) is 9.00 Å². The van der Waals surface area contributed by atoms with E-state index in [4.69, 9.17) is 10.7 Å². The third-order valence-electron chi connectivity index (χ3n) is 2.93. The Morgan fingerprint density at radius 3 is 2.57 bits per heavy atom. The number of amides is 1. The molecule has 0 bridgehead atoms. The fourth-order valence-electron chi connectivity index (χ4n) is 1.73. The van der Waals surface area contributed by atoms with Crippen LogP contribution in [-0.4, -0.2) is 36.6 Å². The maximum Gasteiger partial charge on any atom is 0.261 e. The van der Waals surface area contributed by atoms with Gasteiger partial charge in [0.25, 0.3) is 15.0 Å². The smallest absolute Gasteiger partial charge is 0.261 e. The number of carbonyl (C=O) groups is 1. The number of halogens is 1. The van der Waals surface area contributed by atoms with Crippen molar-refractivity contribution in [3.63, 3.8) is 0 Å². The number of carbonyl (C=O) groups excluding carboxylic acids is 1. The summed E-state index contributed by atoms with van der Waals surface area (Å²) in [6.45, 7) is 3.41. The second-order valence-electron chi connectivity index (χ2n) is 4.86. The monoisotopic (exact) mass is 351 g/mol. The molecule has 0 aliphatic rings. The largest absolute Gasteiger partial charge is 0.350 e. The van der Waals surface area contributed by atoms with Crippen molar-refractivity contribution in [3.8, 4) is 0 Å². The molecule has 0 heterocycles. The number of benzene rings is 1. The van der Waals surface area contributed by atoms with Gasteiger partial charge in [0.2, 0.25) is 0 Å². The van der Waals surface area contributed by atoms with E-state index in [1.165, 1.54) is 12.1 Å². The van der Waals surface area contributed by atoms with Gasteiger partial charge in [0.1, 0.15) is 0 Å². The number of hydrogen-bond acceptors (Lipinski definition) is 4. The van der Waals surface area contributed by atoms with E-state index < -0.39 is 19.9 Å². The summed E-state index contributed by atoms with van der Waals surface area (Å²) in [4.78, 5) is 12.0. The fraction of sp³-hybridized carbons (Fsp3) is 0.462. The summed E-state index contributed by atoms with van der Waals surface area (Å²) in [5.74, 6) is 0.113. The Hall–Kier alpha value is -0.920. The van der Waals surface area contributed by atoms with Crippen LogP contribution in [0.15, 0.2) is 23.1 Å². The molecule has 1 rings (SSSR count). The highest BCUT2D eigenvalue weighted by Crippen LogP contribution is 2.21. The van der Waals surface area contributed by atoms with Crippen LogP contribution in [0.1, 0.15) is 29.3 Å². The van der Waals surface area contributed by atoms with Gasteiger partial charge in [-0.1, -0.05) is 6.07 Å². The first-order chi connectivity index (χ1) is 9.61. The lowest BCUT2D eigenvalue weighted by Gasteiger charge is -2.14. The van der Waals surface area contributed by atoms with E-state index >= 15 is 0 Å². The lowest BCUT2D eigenvalue weighted by molar-refractivity contribution is 0.0939. The molecular weight excluding hydrogens is 334 g/mol. The lowest BCUT2D eigenvalue weighted by atomic mass is 10.1. The van der Waals surface area contributed by atoms with Gasteiger partial charge in [0.05, 0.1) is 4.90 Å². The third-order valence-corrected chi connectivity index (χ3v) is 5.20. The summed E-state index contributed by atoms with van der Waals surface area (Å²) < 4.78 is 33.9. The van der Waals surface area contributed by atoms with Crippen LogP contribution in [-0.2, 0) is 19.9 Å². The van der Waals surface area contributed by atoms with Gasteiger partial charge < -0.3 is 5.32 Å².